The van der Waals surface area contributed by atoms with Crippen molar-refractivity contribution >= 4 is 7.85 Å². The maximum atomic E-state index is 5.68. The molecule has 0 saturated carbocycles. The molecule has 1 nitrogen and oxygen atoms in total. The maximum absolute atomic E-state index is 5.68. The summed E-state index contributed by atoms with van der Waals surface area (Å²) < 4.78 is 5.52. The van der Waals surface area contributed by atoms with Gasteiger partial charge in [0.2, 0.25) is 0 Å². The molecule has 2 unspecified atom stereocenters. The summed E-state index contributed by atoms with van der Waals surface area (Å²) in [7, 11) is 5.68. The monoisotopic (exact) mass is 182 g/mol. The SMILES string of the molecule is [B]C(CC)OCC(CC)CCCC. The van der Waals surface area contributed by atoms with Crippen LogP contribution in [0.5, 0.6) is 0 Å². The van der Waals surface area contributed by atoms with Crippen molar-refractivity contribution in [1.29, 1.82) is 0 Å². The summed E-state index contributed by atoms with van der Waals surface area (Å²) in [4.78, 5) is 0. The zero-order valence-electron chi connectivity index (χ0n) is 9.38. The first kappa shape index (κ1) is 13.0. The standard InChI is InChI=1S/C11H23BO/c1-4-7-8-10(5-2)9-13-11(12)6-3/h10-11H,4-9H2,1-3H3. The van der Waals surface area contributed by atoms with E-state index in [1.165, 1.54) is 25.7 Å². The van der Waals surface area contributed by atoms with Gasteiger partial charge in [0, 0.05) is 12.6 Å². The van der Waals surface area contributed by atoms with E-state index in [4.69, 9.17) is 12.6 Å². The molecule has 0 aliphatic heterocycles. The van der Waals surface area contributed by atoms with Crippen LogP contribution in [0.3, 0.4) is 0 Å². The summed E-state index contributed by atoms with van der Waals surface area (Å²) in [6.45, 7) is 7.34. The van der Waals surface area contributed by atoms with E-state index < -0.39 is 0 Å². The number of ether oxygens (including phenoxy) is 1. The van der Waals surface area contributed by atoms with Crippen molar-refractivity contribution < 1.29 is 4.74 Å². The van der Waals surface area contributed by atoms with Gasteiger partial charge in [0.25, 0.3) is 0 Å². The van der Waals surface area contributed by atoms with E-state index >= 15 is 0 Å². The van der Waals surface area contributed by atoms with Crippen LogP contribution in [0.4, 0.5) is 0 Å². The Labute approximate surface area is 84.7 Å². The molecule has 0 N–H and O–H groups in total. The van der Waals surface area contributed by atoms with E-state index in [2.05, 4.69) is 20.8 Å². The molecule has 0 aromatic carbocycles. The molecule has 13 heavy (non-hydrogen) atoms. The van der Waals surface area contributed by atoms with Gasteiger partial charge in [0.1, 0.15) is 7.85 Å². The van der Waals surface area contributed by atoms with Crippen LogP contribution < -0.4 is 0 Å². The zero-order valence-corrected chi connectivity index (χ0v) is 9.38. The molecule has 76 valence electrons. The number of hydrogen-bond donors (Lipinski definition) is 0. The topological polar surface area (TPSA) is 9.23 Å². The summed E-state index contributed by atoms with van der Waals surface area (Å²) in [5.41, 5.74) is 0. The van der Waals surface area contributed by atoms with Gasteiger partial charge >= 0.3 is 0 Å². The highest BCUT2D eigenvalue weighted by atomic mass is 16.5. The molecule has 2 radical (unpaired) electrons. The second-order valence-corrected chi connectivity index (χ2v) is 3.70. The van der Waals surface area contributed by atoms with Crippen LogP contribution >= 0.6 is 0 Å². The zero-order chi connectivity index (χ0) is 10.1. The van der Waals surface area contributed by atoms with Crippen molar-refractivity contribution in [2.24, 2.45) is 5.92 Å². The van der Waals surface area contributed by atoms with Crippen LogP contribution in [0.25, 0.3) is 0 Å². The highest BCUT2D eigenvalue weighted by Gasteiger charge is 2.07. The highest BCUT2D eigenvalue weighted by molar-refractivity contribution is 6.10. The molecule has 0 aliphatic carbocycles. The number of rotatable bonds is 8. The Hall–Kier alpha value is 0.0249. The molecular weight excluding hydrogens is 159 g/mol. The molecule has 0 aromatic heterocycles. The lowest BCUT2D eigenvalue weighted by Gasteiger charge is -2.18. The molecule has 0 rings (SSSR count). The van der Waals surface area contributed by atoms with Gasteiger partial charge in [-0.15, -0.1) is 0 Å². The third-order valence-corrected chi connectivity index (χ3v) is 2.49. The Kier molecular flexibility index (Phi) is 8.63. The van der Waals surface area contributed by atoms with Gasteiger partial charge < -0.3 is 4.74 Å². The van der Waals surface area contributed by atoms with Crippen LogP contribution in [-0.4, -0.2) is 20.5 Å². The van der Waals surface area contributed by atoms with Gasteiger partial charge in [0.15, 0.2) is 0 Å². The average Bonchev–Trinajstić information content (AvgIpc) is 2.17. The lowest BCUT2D eigenvalue weighted by molar-refractivity contribution is 0.0693. The largest absolute Gasteiger partial charge is 0.388 e. The molecular formula is C11H23BO. The third kappa shape index (κ3) is 7.12. The van der Waals surface area contributed by atoms with Gasteiger partial charge in [-0.25, -0.2) is 0 Å². The van der Waals surface area contributed by atoms with Gasteiger partial charge in [-0.3, -0.25) is 0 Å². The van der Waals surface area contributed by atoms with Crippen molar-refractivity contribution in [3.05, 3.63) is 0 Å². The van der Waals surface area contributed by atoms with E-state index in [0.717, 1.165) is 13.0 Å². The minimum atomic E-state index is -0.0596. The van der Waals surface area contributed by atoms with E-state index in [9.17, 15) is 0 Å². The minimum Gasteiger partial charge on any atom is -0.388 e. The molecule has 0 bridgehead atoms. The maximum Gasteiger partial charge on any atom is 0.108 e. The summed E-state index contributed by atoms with van der Waals surface area (Å²) in [5, 5.41) is 0. The van der Waals surface area contributed by atoms with Crippen molar-refractivity contribution in [2.75, 3.05) is 6.61 Å². The van der Waals surface area contributed by atoms with E-state index in [1.807, 2.05) is 0 Å². The van der Waals surface area contributed by atoms with Gasteiger partial charge in [-0.2, -0.15) is 0 Å². The minimum absolute atomic E-state index is 0.0596. The Balaban J connectivity index is 3.46. The molecule has 0 heterocycles. The molecule has 0 spiro atoms. The van der Waals surface area contributed by atoms with Gasteiger partial charge in [0.05, 0.1) is 0 Å². The van der Waals surface area contributed by atoms with E-state index in [1.54, 1.807) is 0 Å². The molecule has 2 atom stereocenters. The number of hydrogen-bond acceptors (Lipinski definition) is 1. The second-order valence-electron chi connectivity index (χ2n) is 3.70. The summed E-state index contributed by atoms with van der Waals surface area (Å²) in [6, 6.07) is -0.0596. The molecule has 0 aliphatic rings. The normalized spacial score (nSPS) is 15.6. The average molecular weight is 182 g/mol. The quantitative estimate of drug-likeness (QED) is 0.524. The molecule has 0 amide bonds. The van der Waals surface area contributed by atoms with Crippen molar-refractivity contribution in [1.82, 2.24) is 0 Å². The van der Waals surface area contributed by atoms with Gasteiger partial charge in [-0.05, 0) is 18.8 Å². The lowest BCUT2D eigenvalue weighted by Crippen LogP contribution is -2.17. The fourth-order valence-corrected chi connectivity index (χ4v) is 1.28. The van der Waals surface area contributed by atoms with E-state index in [-0.39, 0.29) is 6.00 Å². The predicted molar refractivity (Wildman–Crippen MR) is 59.1 cm³/mol. The second kappa shape index (κ2) is 8.62. The van der Waals surface area contributed by atoms with Crippen molar-refractivity contribution in [2.45, 2.75) is 58.9 Å². The molecule has 2 heteroatoms. The third-order valence-electron chi connectivity index (χ3n) is 2.49. The van der Waals surface area contributed by atoms with E-state index in [0.29, 0.717) is 5.92 Å². The summed E-state index contributed by atoms with van der Waals surface area (Å²) in [5.74, 6) is 0.706. The van der Waals surface area contributed by atoms with Crippen LogP contribution in [0.2, 0.25) is 0 Å². The Morgan fingerprint density at radius 1 is 1.15 bits per heavy atom. The molecule has 0 fully saturated rings. The van der Waals surface area contributed by atoms with Crippen LogP contribution in [-0.2, 0) is 4.74 Å². The summed E-state index contributed by atoms with van der Waals surface area (Å²) >= 11 is 0. The lowest BCUT2D eigenvalue weighted by atomic mass is 9.96. The first-order chi connectivity index (χ1) is 6.24. The van der Waals surface area contributed by atoms with Gasteiger partial charge in [-0.1, -0.05) is 40.0 Å². The number of unbranched alkanes of at least 4 members (excludes halogenated alkanes) is 1. The Bertz CT molecular complexity index is 106. The molecule has 0 aromatic rings. The van der Waals surface area contributed by atoms with Crippen LogP contribution in [0.1, 0.15) is 52.9 Å². The molecule has 0 saturated heterocycles. The summed E-state index contributed by atoms with van der Waals surface area (Å²) in [6.07, 6.45) is 5.98. The first-order valence-corrected chi connectivity index (χ1v) is 5.61. The first-order valence-electron chi connectivity index (χ1n) is 5.61. The smallest absolute Gasteiger partial charge is 0.108 e. The van der Waals surface area contributed by atoms with Crippen LogP contribution in [0, 0.1) is 5.92 Å². The van der Waals surface area contributed by atoms with Crippen molar-refractivity contribution in [3.8, 4) is 0 Å². The fourth-order valence-electron chi connectivity index (χ4n) is 1.28. The van der Waals surface area contributed by atoms with Crippen LogP contribution in [0.15, 0.2) is 0 Å². The van der Waals surface area contributed by atoms with Crippen molar-refractivity contribution in [3.63, 3.8) is 0 Å². The Morgan fingerprint density at radius 3 is 2.31 bits per heavy atom. The Morgan fingerprint density at radius 2 is 1.85 bits per heavy atom. The highest BCUT2D eigenvalue weighted by Crippen LogP contribution is 2.13. The fraction of sp³-hybridized carbons (Fsp3) is 1.00. The predicted octanol–water partition coefficient (Wildman–Crippen LogP) is 3.12.